The summed E-state index contributed by atoms with van der Waals surface area (Å²) in [6.45, 7) is 2.06. The van der Waals surface area contributed by atoms with Gasteiger partial charge in [-0.15, -0.1) is 11.3 Å². The van der Waals surface area contributed by atoms with Gasteiger partial charge in [-0.3, -0.25) is 4.40 Å². The Morgan fingerprint density at radius 2 is 2.44 bits per heavy atom. The molecule has 0 radical (unpaired) electrons. The van der Waals surface area contributed by atoms with Gasteiger partial charge in [0, 0.05) is 24.2 Å². The number of rotatable bonds is 4. The molecule has 0 aromatic carbocycles. The minimum absolute atomic E-state index is 0.171. The normalized spacial score (nSPS) is 13.2. The quantitative estimate of drug-likeness (QED) is 0.785. The van der Waals surface area contributed by atoms with Crippen LogP contribution in [0.3, 0.4) is 0 Å². The molecular weight excluding hydrogens is 246 g/mol. The van der Waals surface area contributed by atoms with Gasteiger partial charge < -0.3 is 9.73 Å². The van der Waals surface area contributed by atoms with E-state index in [4.69, 9.17) is 4.42 Å². The second-order valence-electron chi connectivity index (χ2n) is 4.34. The first-order valence-corrected chi connectivity index (χ1v) is 6.78. The lowest BCUT2D eigenvalue weighted by atomic mass is 10.1. The molecular formula is C13H15N3OS. The zero-order valence-corrected chi connectivity index (χ0v) is 11.2. The molecule has 4 nitrogen and oxygen atoms in total. The van der Waals surface area contributed by atoms with E-state index in [9.17, 15) is 0 Å². The van der Waals surface area contributed by atoms with Crippen LogP contribution in [0.4, 0.5) is 0 Å². The van der Waals surface area contributed by atoms with E-state index in [-0.39, 0.29) is 6.04 Å². The molecule has 3 aromatic heterocycles. The lowest BCUT2D eigenvalue weighted by Gasteiger charge is -2.13. The van der Waals surface area contributed by atoms with Gasteiger partial charge in [-0.05, 0) is 25.6 Å². The molecule has 0 aliphatic heterocycles. The maximum atomic E-state index is 5.55. The summed E-state index contributed by atoms with van der Waals surface area (Å²) in [4.78, 5) is 5.64. The summed E-state index contributed by atoms with van der Waals surface area (Å²) in [5.41, 5.74) is 2.26. The number of hydrogen-bond donors (Lipinski definition) is 1. The maximum Gasteiger partial charge on any atom is 0.193 e. The molecule has 3 heterocycles. The Morgan fingerprint density at radius 1 is 1.56 bits per heavy atom. The Balaban J connectivity index is 1.86. The van der Waals surface area contributed by atoms with Crippen LogP contribution in [-0.2, 0) is 6.42 Å². The van der Waals surface area contributed by atoms with Crippen LogP contribution >= 0.6 is 11.3 Å². The molecule has 1 atom stereocenters. The number of hydrogen-bond acceptors (Lipinski definition) is 4. The number of nitrogens with one attached hydrogen (secondary N) is 1. The van der Waals surface area contributed by atoms with Crippen LogP contribution in [0.25, 0.3) is 4.96 Å². The third-order valence-electron chi connectivity index (χ3n) is 3.12. The molecule has 0 fully saturated rings. The molecule has 1 N–H and O–H groups in total. The Morgan fingerprint density at radius 3 is 3.11 bits per heavy atom. The molecule has 0 aliphatic rings. The first-order chi connectivity index (χ1) is 8.78. The molecule has 3 rings (SSSR count). The largest absolute Gasteiger partial charge is 0.467 e. The first kappa shape index (κ1) is 11.5. The van der Waals surface area contributed by atoms with Crippen molar-refractivity contribution in [2.24, 2.45) is 0 Å². The summed E-state index contributed by atoms with van der Waals surface area (Å²) in [5.74, 6) is 0.994. The lowest BCUT2D eigenvalue weighted by Crippen LogP contribution is -2.19. The van der Waals surface area contributed by atoms with Crippen molar-refractivity contribution in [3.05, 3.63) is 47.1 Å². The van der Waals surface area contributed by atoms with Crippen LogP contribution in [0.1, 0.15) is 23.1 Å². The molecule has 18 heavy (non-hydrogen) atoms. The summed E-state index contributed by atoms with van der Waals surface area (Å²) in [7, 11) is 1.95. The number of furan rings is 1. The van der Waals surface area contributed by atoms with Crippen molar-refractivity contribution in [3.63, 3.8) is 0 Å². The fourth-order valence-corrected chi connectivity index (χ4v) is 2.87. The Kier molecular flexibility index (Phi) is 2.93. The van der Waals surface area contributed by atoms with Crippen molar-refractivity contribution in [1.82, 2.24) is 14.7 Å². The highest BCUT2D eigenvalue weighted by atomic mass is 32.1. The van der Waals surface area contributed by atoms with Crippen LogP contribution in [0, 0.1) is 6.92 Å². The molecule has 0 spiro atoms. The number of thiazole rings is 1. The van der Waals surface area contributed by atoms with E-state index in [1.54, 1.807) is 17.6 Å². The number of aryl methyl sites for hydroxylation is 1. The van der Waals surface area contributed by atoms with Crippen LogP contribution in [-0.4, -0.2) is 16.4 Å². The molecule has 3 aromatic rings. The highest BCUT2D eigenvalue weighted by Gasteiger charge is 2.17. The summed E-state index contributed by atoms with van der Waals surface area (Å²) in [6, 6.07) is 2.16. The predicted octanol–water partition coefficient (Wildman–Crippen LogP) is 2.80. The van der Waals surface area contributed by atoms with E-state index in [0.717, 1.165) is 22.8 Å². The zero-order chi connectivity index (χ0) is 12.5. The van der Waals surface area contributed by atoms with Gasteiger partial charge in [0.2, 0.25) is 0 Å². The number of fused-ring (bicyclic) bond motifs is 1. The second kappa shape index (κ2) is 4.59. The topological polar surface area (TPSA) is 42.5 Å². The summed E-state index contributed by atoms with van der Waals surface area (Å²) in [5, 5.41) is 5.33. The first-order valence-electron chi connectivity index (χ1n) is 5.90. The van der Waals surface area contributed by atoms with Gasteiger partial charge in [0.25, 0.3) is 0 Å². The van der Waals surface area contributed by atoms with E-state index in [1.165, 1.54) is 5.56 Å². The summed E-state index contributed by atoms with van der Waals surface area (Å²) in [6.07, 6.45) is 6.68. The summed E-state index contributed by atoms with van der Waals surface area (Å²) >= 11 is 1.65. The smallest absolute Gasteiger partial charge is 0.193 e. The minimum atomic E-state index is 0.171. The van der Waals surface area contributed by atoms with Crippen molar-refractivity contribution >= 4 is 16.3 Å². The fraction of sp³-hybridized carbons (Fsp3) is 0.308. The maximum absolute atomic E-state index is 5.55. The number of aromatic nitrogens is 2. The standard InChI is InChI=1S/C13H15N3OS/c1-9-3-5-17-12(9)11(14-2)7-10-8-16-4-6-18-13(16)15-10/h3-6,8,11,14H,7H2,1-2H3. The molecule has 1 unspecified atom stereocenters. The van der Waals surface area contributed by atoms with Crippen molar-refractivity contribution in [1.29, 1.82) is 0 Å². The van der Waals surface area contributed by atoms with Crippen LogP contribution in [0.5, 0.6) is 0 Å². The predicted molar refractivity (Wildman–Crippen MR) is 72.0 cm³/mol. The second-order valence-corrected chi connectivity index (χ2v) is 5.21. The number of nitrogens with zero attached hydrogens (tertiary/aromatic N) is 2. The van der Waals surface area contributed by atoms with Gasteiger partial charge in [0.1, 0.15) is 5.76 Å². The van der Waals surface area contributed by atoms with Gasteiger partial charge >= 0.3 is 0 Å². The van der Waals surface area contributed by atoms with Gasteiger partial charge in [-0.25, -0.2) is 4.98 Å². The van der Waals surface area contributed by atoms with E-state index < -0.39 is 0 Å². The number of imidazole rings is 1. The fourth-order valence-electron chi connectivity index (χ4n) is 2.15. The Bertz CT molecular complexity index is 623. The van der Waals surface area contributed by atoms with Gasteiger partial charge in [-0.2, -0.15) is 0 Å². The molecule has 0 saturated heterocycles. The van der Waals surface area contributed by atoms with Gasteiger partial charge in [0.15, 0.2) is 4.96 Å². The zero-order valence-electron chi connectivity index (χ0n) is 10.4. The molecule has 0 bridgehead atoms. The van der Waals surface area contributed by atoms with Crippen molar-refractivity contribution in [2.45, 2.75) is 19.4 Å². The molecule has 5 heteroatoms. The van der Waals surface area contributed by atoms with Gasteiger partial charge in [0.05, 0.1) is 18.0 Å². The highest BCUT2D eigenvalue weighted by molar-refractivity contribution is 7.15. The average Bonchev–Trinajstić information content (AvgIpc) is 3.01. The minimum Gasteiger partial charge on any atom is -0.467 e. The lowest BCUT2D eigenvalue weighted by molar-refractivity contribution is 0.425. The van der Waals surface area contributed by atoms with Crippen molar-refractivity contribution in [3.8, 4) is 0 Å². The van der Waals surface area contributed by atoms with E-state index in [0.29, 0.717) is 0 Å². The monoisotopic (exact) mass is 261 g/mol. The Labute approximate surface area is 109 Å². The Hall–Kier alpha value is -1.59. The van der Waals surface area contributed by atoms with Crippen LogP contribution in [0.15, 0.2) is 34.5 Å². The SMILES string of the molecule is CNC(Cc1cn2ccsc2n1)c1occc1C. The third kappa shape index (κ3) is 1.95. The third-order valence-corrected chi connectivity index (χ3v) is 3.89. The van der Waals surface area contributed by atoms with Gasteiger partial charge in [-0.1, -0.05) is 0 Å². The van der Waals surface area contributed by atoms with E-state index in [1.807, 2.05) is 24.7 Å². The highest BCUT2D eigenvalue weighted by Crippen LogP contribution is 2.23. The van der Waals surface area contributed by atoms with E-state index >= 15 is 0 Å². The van der Waals surface area contributed by atoms with Crippen LogP contribution < -0.4 is 5.32 Å². The molecule has 0 aliphatic carbocycles. The van der Waals surface area contributed by atoms with Crippen molar-refractivity contribution in [2.75, 3.05) is 7.05 Å². The molecule has 94 valence electrons. The number of likely N-dealkylation sites (N-methyl/N-ethyl adjacent to an activating group) is 1. The van der Waals surface area contributed by atoms with Crippen LogP contribution in [0.2, 0.25) is 0 Å². The molecule has 0 amide bonds. The van der Waals surface area contributed by atoms with E-state index in [2.05, 4.69) is 27.8 Å². The van der Waals surface area contributed by atoms with Crippen molar-refractivity contribution < 1.29 is 4.42 Å². The summed E-state index contributed by atoms with van der Waals surface area (Å²) < 4.78 is 7.61. The molecule has 0 saturated carbocycles. The average molecular weight is 261 g/mol.